The van der Waals surface area contributed by atoms with Crippen LogP contribution in [0, 0.1) is 11.8 Å². The van der Waals surface area contributed by atoms with Gasteiger partial charge in [0.2, 0.25) is 5.91 Å². The molecule has 0 saturated carbocycles. The maximum atomic E-state index is 11.3. The maximum Gasteiger partial charge on any atom is 0.235 e. The molecule has 0 bridgehead atoms. The Morgan fingerprint density at radius 3 is 2.00 bits per heavy atom. The number of amides is 1. The van der Waals surface area contributed by atoms with E-state index in [4.69, 9.17) is 17.3 Å². The molecule has 0 rings (SSSR count). The molecule has 0 spiro atoms. The summed E-state index contributed by atoms with van der Waals surface area (Å²) in [4.78, 5) is 11.3. The summed E-state index contributed by atoms with van der Waals surface area (Å²) in [6, 6.07) is 0. The van der Waals surface area contributed by atoms with E-state index in [0.29, 0.717) is 18.4 Å². The predicted octanol–water partition coefficient (Wildman–Crippen LogP) is 1.35. The first-order valence-corrected chi connectivity index (χ1v) is 5.51. The van der Waals surface area contributed by atoms with Gasteiger partial charge in [0.1, 0.15) is 5.88 Å². The third kappa shape index (κ3) is 2.85. The highest BCUT2D eigenvalue weighted by Gasteiger charge is 2.36. The molecule has 84 valence electrons. The molecule has 0 aromatic heterocycles. The van der Waals surface area contributed by atoms with Crippen LogP contribution in [0.4, 0.5) is 0 Å². The van der Waals surface area contributed by atoms with Gasteiger partial charge in [-0.3, -0.25) is 4.79 Å². The lowest BCUT2D eigenvalue weighted by Crippen LogP contribution is -2.61. The van der Waals surface area contributed by atoms with Gasteiger partial charge in [-0.05, 0) is 11.8 Å². The van der Waals surface area contributed by atoms with Crippen LogP contribution in [0.25, 0.3) is 0 Å². The van der Waals surface area contributed by atoms with Crippen LogP contribution in [0.3, 0.4) is 0 Å². The molecule has 0 aromatic carbocycles. The molecule has 0 aliphatic heterocycles. The molecule has 0 saturated heterocycles. The molecule has 0 unspecified atom stereocenters. The van der Waals surface area contributed by atoms with E-state index in [0.717, 1.165) is 0 Å². The zero-order valence-corrected chi connectivity index (χ0v) is 10.2. The molecular formula is C10H21ClN2O. The molecule has 0 fully saturated rings. The van der Waals surface area contributed by atoms with Crippen LogP contribution in [0.15, 0.2) is 0 Å². The van der Waals surface area contributed by atoms with Gasteiger partial charge in [0, 0.05) is 6.54 Å². The van der Waals surface area contributed by atoms with Crippen LogP contribution in [0.1, 0.15) is 27.7 Å². The Morgan fingerprint density at radius 1 is 1.36 bits per heavy atom. The Hall–Kier alpha value is -0.280. The van der Waals surface area contributed by atoms with Gasteiger partial charge in [-0.1, -0.05) is 27.7 Å². The van der Waals surface area contributed by atoms with Gasteiger partial charge in [-0.25, -0.2) is 0 Å². The van der Waals surface area contributed by atoms with E-state index >= 15 is 0 Å². The van der Waals surface area contributed by atoms with Crippen molar-refractivity contribution < 1.29 is 4.79 Å². The van der Waals surface area contributed by atoms with E-state index in [-0.39, 0.29) is 17.3 Å². The van der Waals surface area contributed by atoms with Crippen molar-refractivity contribution in [1.29, 1.82) is 0 Å². The molecule has 14 heavy (non-hydrogen) atoms. The zero-order valence-electron chi connectivity index (χ0n) is 9.43. The number of hydrogen-bond acceptors (Lipinski definition) is 2. The van der Waals surface area contributed by atoms with Crippen LogP contribution >= 0.6 is 11.6 Å². The van der Waals surface area contributed by atoms with E-state index < -0.39 is 0 Å². The summed E-state index contributed by atoms with van der Waals surface area (Å²) in [6.07, 6.45) is 0. The minimum atomic E-state index is -0.341. The minimum absolute atomic E-state index is 0.0127. The highest BCUT2D eigenvalue weighted by Crippen LogP contribution is 2.25. The van der Waals surface area contributed by atoms with Crippen molar-refractivity contribution in [1.82, 2.24) is 5.32 Å². The highest BCUT2D eigenvalue weighted by atomic mass is 35.5. The zero-order chi connectivity index (χ0) is 11.4. The van der Waals surface area contributed by atoms with Gasteiger partial charge < -0.3 is 11.1 Å². The summed E-state index contributed by atoms with van der Waals surface area (Å²) in [5, 5.41) is 2.93. The summed E-state index contributed by atoms with van der Waals surface area (Å²) in [6.45, 7) is 8.66. The molecule has 0 aliphatic rings. The number of carbonyl (C=O) groups excluding carboxylic acids is 1. The maximum absolute atomic E-state index is 11.3. The van der Waals surface area contributed by atoms with Gasteiger partial charge in [-0.2, -0.15) is 0 Å². The number of rotatable bonds is 5. The van der Waals surface area contributed by atoms with Crippen molar-refractivity contribution >= 4 is 17.5 Å². The average molecular weight is 221 g/mol. The molecule has 0 radical (unpaired) electrons. The predicted molar refractivity (Wildman–Crippen MR) is 60.3 cm³/mol. The standard InChI is InChI=1S/C10H21ClN2O/c1-7(2)10(6-12,8(3)4)13-9(14)5-11/h7-8H,5-6,12H2,1-4H3,(H,13,14). The Bertz CT molecular complexity index is 185. The Labute approximate surface area is 91.4 Å². The van der Waals surface area contributed by atoms with Crippen LogP contribution in [-0.4, -0.2) is 23.9 Å². The summed E-state index contributed by atoms with van der Waals surface area (Å²) in [5.41, 5.74) is 5.41. The minimum Gasteiger partial charge on any atom is -0.348 e. The van der Waals surface area contributed by atoms with E-state index in [2.05, 4.69) is 33.0 Å². The second-order valence-corrected chi connectivity index (χ2v) is 4.50. The van der Waals surface area contributed by atoms with Crippen molar-refractivity contribution in [3.63, 3.8) is 0 Å². The van der Waals surface area contributed by atoms with E-state index in [1.807, 2.05) is 0 Å². The third-order valence-electron chi connectivity index (χ3n) is 2.89. The van der Waals surface area contributed by atoms with Crippen LogP contribution in [0.2, 0.25) is 0 Å². The van der Waals surface area contributed by atoms with Crippen molar-refractivity contribution in [3.8, 4) is 0 Å². The van der Waals surface area contributed by atoms with Crippen molar-refractivity contribution in [2.75, 3.05) is 12.4 Å². The smallest absolute Gasteiger partial charge is 0.235 e. The third-order valence-corrected chi connectivity index (χ3v) is 3.13. The Morgan fingerprint density at radius 2 is 1.79 bits per heavy atom. The van der Waals surface area contributed by atoms with Gasteiger partial charge in [0.25, 0.3) is 0 Å². The summed E-state index contributed by atoms with van der Waals surface area (Å²) < 4.78 is 0. The van der Waals surface area contributed by atoms with E-state index in [1.165, 1.54) is 0 Å². The van der Waals surface area contributed by atoms with Crippen molar-refractivity contribution in [2.45, 2.75) is 33.2 Å². The average Bonchev–Trinajstić information content (AvgIpc) is 2.12. The van der Waals surface area contributed by atoms with Crippen molar-refractivity contribution in [3.05, 3.63) is 0 Å². The van der Waals surface area contributed by atoms with E-state index in [9.17, 15) is 4.79 Å². The van der Waals surface area contributed by atoms with Crippen LogP contribution in [0.5, 0.6) is 0 Å². The fourth-order valence-electron chi connectivity index (χ4n) is 1.77. The van der Waals surface area contributed by atoms with Crippen molar-refractivity contribution in [2.24, 2.45) is 17.6 Å². The number of hydrogen-bond donors (Lipinski definition) is 2. The van der Waals surface area contributed by atoms with E-state index in [1.54, 1.807) is 0 Å². The highest BCUT2D eigenvalue weighted by molar-refractivity contribution is 6.27. The molecule has 0 aliphatic carbocycles. The van der Waals surface area contributed by atoms with Gasteiger partial charge in [0.05, 0.1) is 5.54 Å². The number of nitrogens with two attached hydrogens (primary N) is 1. The molecule has 4 heteroatoms. The SMILES string of the molecule is CC(C)C(CN)(NC(=O)CCl)C(C)C. The number of alkyl halides is 1. The van der Waals surface area contributed by atoms with Gasteiger partial charge in [0.15, 0.2) is 0 Å². The van der Waals surface area contributed by atoms with Crippen LogP contribution in [-0.2, 0) is 4.79 Å². The molecule has 3 N–H and O–H groups in total. The first kappa shape index (κ1) is 13.7. The summed E-state index contributed by atoms with van der Waals surface area (Å²) in [7, 11) is 0. The molecule has 0 atom stereocenters. The van der Waals surface area contributed by atoms with Crippen LogP contribution < -0.4 is 11.1 Å². The van der Waals surface area contributed by atoms with Gasteiger partial charge >= 0.3 is 0 Å². The lowest BCUT2D eigenvalue weighted by molar-refractivity contribution is -0.121. The fourth-order valence-corrected chi connectivity index (χ4v) is 1.84. The Balaban J connectivity index is 4.76. The fraction of sp³-hybridized carbons (Fsp3) is 0.900. The second-order valence-electron chi connectivity index (χ2n) is 4.24. The molecule has 0 heterocycles. The van der Waals surface area contributed by atoms with Gasteiger partial charge in [-0.15, -0.1) is 11.6 Å². The number of halogens is 1. The molecule has 1 amide bonds. The lowest BCUT2D eigenvalue weighted by Gasteiger charge is -2.41. The monoisotopic (exact) mass is 220 g/mol. The largest absolute Gasteiger partial charge is 0.348 e. The number of nitrogens with one attached hydrogen (secondary N) is 1. The first-order valence-electron chi connectivity index (χ1n) is 4.97. The normalized spacial score (nSPS) is 12.3. The lowest BCUT2D eigenvalue weighted by atomic mass is 9.77. The quantitative estimate of drug-likeness (QED) is 0.688. The second kappa shape index (κ2) is 5.56. The number of carbonyl (C=O) groups is 1. The summed E-state index contributed by atoms with van der Waals surface area (Å²) in [5.74, 6) is 0.417. The first-order chi connectivity index (χ1) is 6.40. The topological polar surface area (TPSA) is 55.1 Å². The molecule has 0 aromatic rings. The summed E-state index contributed by atoms with van der Waals surface area (Å²) >= 11 is 5.47. The molecule has 3 nitrogen and oxygen atoms in total. The Kier molecular flexibility index (Phi) is 5.45. The molecular weight excluding hydrogens is 200 g/mol.